The predicted octanol–water partition coefficient (Wildman–Crippen LogP) is 4.27. The van der Waals surface area contributed by atoms with Crippen LogP contribution in [-0.4, -0.2) is 39.1 Å². The van der Waals surface area contributed by atoms with Crippen LogP contribution in [0.1, 0.15) is 25.5 Å². The van der Waals surface area contributed by atoms with Crippen LogP contribution in [0.3, 0.4) is 0 Å². The molecule has 0 unspecified atom stereocenters. The Kier molecular flexibility index (Phi) is 5.50. The van der Waals surface area contributed by atoms with E-state index in [4.69, 9.17) is 0 Å². The van der Waals surface area contributed by atoms with Gasteiger partial charge in [-0.2, -0.15) is 13.2 Å². The molecule has 0 aliphatic carbocycles. The average molecular weight is 381 g/mol. The van der Waals surface area contributed by atoms with Crippen molar-refractivity contribution in [3.8, 4) is 11.3 Å². The van der Waals surface area contributed by atoms with E-state index >= 15 is 0 Å². The molecule has 3 rings (SSSR count). The summed E-state index contributed by atoms with van der Waals surface area (Å²) in [5, 5.41) is -0.584. The van der Waals surface area contributed by atoms with Crippen molar-refractivity contribution in [2.45, 2.75) is 36.3 Å². The van der Waals surface area contributed by atoms with Crippen LogP contribution in [0.4, 0.5) is 13.2 Å². The molecule has 0 radical (unpaired) electrons. The number of likely N-dealkylation sites (tertiary alicyclic amines) is 1. The van der Waals surface area contributed by atoms with Gasteiger partial charge in [-0.25, -0.2) is 9.97 Å². The molecule has 138 valence electrons. The molecule has 1 aromatic heterocycles. The van der Waals surface area contributed by atoms with Crippen molar-refractivity contribution in [1.29, 1.82) is 0 Å². The van der Waals surface area contributed by atoms with Gasteiger partial charge in [0.2, 0.25) is 5.91 Å². The van der Waals surface area contributed by atoms with Crippen LogP contribution in [0.25, 0.3) is 11.3 Å². The number of carbonyl (C=O) groups is 1. The third-order valence-corrected chi connectivity index (χ3v) is 5.06. The number of thioether (sulfide) groups is 1. The maximum Gasteiger partial charge on any atom is 0.433 e. The smallest absolute Gasteiger partial charge is 0.342 e. The molecule has 0 spiro atoms. The molecule has 0 N–H and O–H groups in total. The molecule has 1 amide bonds. The second kappa shape index (κ2) is 7.65. The third-order valence-electron chi connectivity index (χ3n) is 4.11. The fraction of sp³-hybridized carbons (Fsp3) is 0.389. The molecule has 2 aromatic rings. The first-order chi connectivity index (χ1) is 12.3. The van der Waals surface area contributed by atoms with Crippen LogP contribution in [0.15, 0.2) is 41.6 Å². The second-order valence-electron chi connectivity index (χ2n) is 6.08. The zero-order valence-electron chi connectivity index (χ0n) is 14.2. The lowest BCUT2D eigenvalue weighted by Crippen LogP contribution is -2.34. The van der Waals surface area contributed by atoms with Crippen LogP contribution in [0, 0.1) is 0 Å². The molecule has 4 nitrogen and oxygen atoms in total. The van der Waals surface area contributed by atoms with E-state index in [0.29, 0.717) is 18.7 Å². The molecule has 1 fully saturated rings. The Hall–Kier alpha value is -2.09. The van der Waals surface area contributed by atoms with Crippen LogP contribution < -0.4 is 0 Å². The molecule has 0 saturated carbocycles. The number of benzene rings is 1. The summed E-state index contributed by atoms with van der Waals surface area (Å²) in [7, 11) is 0. The number of alkyl halides is 3. The van der Waals surface area contributed by atoms with Crippen molar-refractivity contribution in [2.75, 3.05) is 13.1 Å². The van der Waals surface area contributed by atoms with E-state index in [1.54, 1.807) is 42.2 Å². The van der Waals surface area contributed by atoms with Gasteiger partial charge in [0.15, 0.2) is 5.16 Å². The van der Waals surface area contributed by atoms with Gasteiger partial charge in [0.25, 0.3) is 0 Å². The van der Waals surface area contributed by atoms with Gasteiger partial charge in [-0.1, -0.05) is 42.1 Å². The van der Waals surface area contributed by atoms with Crippen LogP contribution >= 0.6 is 11.8 Å². The molecule has 2 heterocycles. The van der Waals surface area contributed by atoms with Crippen molar-refractivity contribution < 1.29 is 18.0 Å². The lowest BCUT2D eigenvalue weighted by atomic mass is 10.1. The Morgan fingerprint density at radius 2 is 1.81 bits per heavy atom. The van der Waals surface area contributed by atoms with Gasteiger partial charge in [-0.05, 0) is 25.8 Å². The summed E-state index contributed by atoms with van der Waals surface area (Å²) < 4.78 is 39.7. The second-order valence-corrected chi connectivity index (χ2v) is 7.39. The maximum absolute atomic E-state index is 13.2. The minimum absolute atomic E-state index is 0.0428. The lowest BCUT2D eigenvalue weighted by Gasteiger charge is -2.19. The van der Waals surface area contributed by atoms with E-state index in [9.17, 15) is 18.0 Å². The summed E-state index contributed by atoms with van der Waals surface area (Å²) in [5.74, 6) is -0.0882. The molecule has 1 aromatic carbocycles. The Labute approximate surface area is 153 Å². The Morgan fingerprint density at radius 3 is 2.42 bits per heavy atom. The fourth-order valence-electron chi connectivity index (χ4n) is 2.78. The Bertz CT molecular complexity index is 777. The van der Waals surface area contributed by atoms with E-state index in [1.807, 2.05) is 0 Å². The van der Waals surface area contributed by atoms with E-state index in [-0.39, 0.29) is 16.8 Å². The monoisotopic (exact) mass is 381 g/mol. The van der Waals surface area contributed by atoms with Gasteiger partial charge in [-0.3, -0.25) is 4.79 Å². The van der Waals surface area contributed by atoms with Gasteiger partial charge in [0.05, 0.1) is 10.9 Å². The number of amides is 1. The van der Waals surface area contributed by atoms with E-state index < -0.39 is 17.1 Å². The van der Waals surface area contributed by atoms with Crippen molar-refractivity contribution in [3.05, 3.63) is 42.1 Å². The molecule has 8 heteroatoms. The number of aromatic nitrogens is 2. The van der Waals surface area contributed by atoms with Gasteiger partial charge >= 0.3 is 6.18 Å². The SMILES string of the molecule is C[C@H](Sc1nc(-c2ccccc2)cc(C(F)(F)F)n1)C(=O)N1CCCC1. The first-order valence-electron chi connectivity index (χ1n) is 8.32. The largest absolute Gasteiger partial charge is 0.433 e. The Balaban J connectivity index is 1.89. The summed E-state index contributed by atoms with van der Waals surface area (Å²) in [6.45, 7) is 3.07. The number of halogens is 3. The third kappa shape index (κ3) is 4.35. The predicted molar refractivity (Wildman–Crippen MR) is 93.6 cm³/mol. The van der Waals surface area contributed by atoms with Crippen molar-refractivity contribution in [2.24, 2.45) is 0 Å². The minimum Gasteiger partial charge on any atom is -0.342 e. The number of hydrogen-bond donors (Lipinski definition) is 0. The zero-order chi connectivity index (χ0) is 18.7. The molecule has 0 bridgehead atoms. The van der Waals surface area contributed by atoms with E-state index in [1.165, 1.54) is 0 Å². The number of rotatable bonds is 4. The molecular formula is C18H18F3N3OS. The topological polar surface area (TPSA) is 46.1 Å². The van der Waals surface area contributed by atoms with Gasteiger partial charge < -0.3 is 4.90 Å². The number of nitrogens with zero attached hydrogens (tertiary/aromatic N) is 3. The highest BCUT2D eigenvalue weighted by molar-refractivity contribution is 8.00. The maximum atomic E-state index is 13.2. The molecule has 1 saturated heterocycles. The van der Waals surface area contributed by atoms with Crippen LogP contribution in [0.5, 0.6) is 0 Å². The Morgan fingerprint density at radius 1 is 1.15 bits per heavy atom. The first-order valence-corrected chi connectivity index (χ1v) is 9.20. The lowest BCUT2D eigenvalue weighted by molar-refractivity contribution is -0.141. The zero-order valence-corrected chi connectivity index (χ0v) is 15.0. The van der Waals surface area contributed by atoms with Crippen molar-refractivity contribution in [3.63, 3.8) is 0 Å². The molecule has 1 atom stereocenters. The van der Waals surface area contributed by atoms with Gasteiger partial charge in [0.1, 0.15) is 5.69 Å². The van der Waals surface area contributed by atoms with Crippen LogP contribution in [-0.2, 0) is 11.0 Å². The first kappa shape index (κ1) is 18.7. The highest BCUT2D eigenvalue weighted by Gasteiger charge is 2.34. The molecule has 26 heavy (non-hydrogen) atoms. The molecule has 1 aliphatic heterocycles. The van der Waals surface area contributed by atoms with Crippen molar-refractivity contribution in [1.82, 2.24) is 14.9 Å². The summed E-state index contributed by atoms with van der Waals surface area (Å²) in [4.78, 5) is 22.0. The summed E-state index contributed by atoms with van der Waals surface area (Å²) in [5.41, 5.74) is -0.244. The highest BCUT2D eigenvalue weighted by Crippen LogP contribution is 2.33. The average Bonchev–Trinajstić information content (AvgIpc) is 3.15. The quantitative estimate of drug-likeness (QED) is 0.586. The van der Waals surface area contributed by atoms with Crippen molar-refractivity contribution >= 4 is 17.7 Å². The van der Waals surface area contributed by atoms with E-state index in [0.717, 1.165) is 30.7 Å². The highest BCUT2D eigenvalue weighted by atomic mass is 32.2. The normalized spacial score (nSPS) is 15.9. The standard InChI is InChI=1S/C18H18F3N3OS/c1-12(16(25)24-9-5-6-10-24)26-17-22-14(13-7-3-2-4-8-13)11-15(23-17)18(19,20)21/h2-4,7-8,11-12H,5-6,9-10H2,1H3/t12-/m0/s1. The molecular weight excluding hydrogens is 363 g/mol. The summed E-state index contributed by atoms with van der Waals surface area (Å²) in [6, 6.07) is 9.56. The number of hydrogen-bond acceptors (Lipinski definition) is 4. The summed E-state index contributed by atoms with van der Waals surface area (Å²) >= 11 is 0.964. The fourth-order valence-corrected chi connectivity index (χ4v) is 3.65. The summed E-state index contributed by atoms with van der Waals surface area (Å²) in [6.07, 6.45) is -2.66. The number of carbonyl (C=O) groups excluding carboxylic acids is 1. The minimum atomic E-state index is -4.58. The van der Waals surface area contributed by atoms with Gasteiger partial charge in [-0.15, -0.1) is 0 Å². The molecule has 1 aliphatic rings. The van der Waals surface area contributed by atoms with E-state index in [2.05, 4.69) is 9.97 Å². The van der Waals surface area contributed by atoms with Gasteiger partial charge in [0, 0.05) is 18.7 Å². The van der Waals surface area contributed by atoms with Crippen LogP contribution in [0.2, 0.25) is 0 Å².